The van der Waals surface area contributed by atoms with E-state index < -0.39 is 11.7 Å². The third-order valence-electron chi connectivity index (χ3n) is 2.08. The molecule has 0 saturated carbocycles. The number of carbonyl (C=O) groups is 1. The Bertz CT molecular complexity index is 546. The smallest absolute Gasteiger partial charge is 0.416 e. The summed E-state index contributed by atoms with van der Waals surface area (Å²) in [6, 6.07) is 4.55. The maximum absolute atomic E-state index is 12.4. The number of hydrogen-bond donors (Lipinski definition) is 0. The first-order chi connectivity index (χ1) is 8.00. The van der Waals surface area contributed by atoms with Crippen LogP contribution in [0.2, 0.25) is 0 Å². The maximum Gasteiger partial charge on any atom is 0.416 e. The van der Waals surface area contributed by atoms with Crippen molar-refractivity contribution < 1.29 is 22.4 Å². The van der Waals surface area contributed by atoms with Crippen molar-refractivity contribution in [3.8, 4) is 11.5 Å². The highest BCUT2D eigenvalue weighted by atomic mass is 19.4. The average molecular weight is 241 g/mol. The third kappa shape index (κ3) is 2.35. The lowest BCUT2D eigenvalue weighted by Crippen LogP contribution is -2.04. The summed E-state index contributed by atoms with van der Waals surface area (Å²) in [5.74, 6) is -0.0156. The number of benzene rings is 1. The van der Waals surface area contributed by atoms with Crippen LogP contribution in [0, 0.1) is 0 Å². The van der Waals surface area contributed by atoms with E-state index in [1.54, 1.807) is 0 Å². The maximum atomic E-state index is 12.4. The Morgan fingerprint density at radius 1 is 1.29 bits per heavy atom. The summed E-state index contributed by atoms with van der Waals surface area (Å²) in [5, 5.41) is 0. The van der Waals surface area contributed by atoms with Gasteiger partial charge in [-0.1, -0.05) is 6.07 Å². The van der Waals surface area contributed by atoms with Gasteiger partial charge in [0.1, 0.15) is 12.0 Å². The lowest BCUT2D eigenvalue weighted by molar-refractivity contribution is -0.137. The van der Waals surface area contributed by atoms with Crippen molar-refractivity contribution in [2.24, 2.45) is 0 Å². The Balaban J connectivity index is 2.42. The number of nitrogens with zero attached hydrogens (tertiary/aromatic N) is 1. The molecule has 2 rings (SSSR count). The molecule has 17 heavy (non-hydrogen) atoms. The Morgan fingerprint density at radius 2 is 2.06 bits per heavy atom. The Morgan fingerprint density at radius 3 is 2.65 bits per heavy atom. The zero-order valence-electron chi connectivity index (χ0n) is 8.36. The highest BCUT2D eigenvalue weighted by molar-refractivity contribution is 5.72. The van der Waals surface area contributed by atoms with Gasteiger partial charge < -0.3 is 4.42 Å². The molecular weight excluding hydrogens is 235 g/mol. The fraction of sp³-hybridized carbons (Fsp3) is 0.0909. The van der Waals surface area contributed by atoms with E-state index >= 15 is 0 Å². The molecule has 0 aliphatic rings. The van der Waals surface area contributed by atoms with Crippen LogP contribution in [0.3, 0.4) is 0 Å². The summed E-state index contributed by atoms with van der Waals surface area (Å²) in [5.41, 5.74) is -0.578. The van der Waals surface area contributed by atoms with Crippen LogP contribution in [0.4, 0.5) is 13.2 Å². The topological polar surface area (TPSA) is 43.1 Å². The Hall–Kier alpha value is -2.11. The molecule has 0 atom stereocenters. The average Bonchev–Trinajstić information content (AvgIpc) is 2.76. The standard InChI is InChI=1S/C11H6F3NO2/c12-11(13,14)8-3-1-2-7(4-8)10-15-9(5-16)6-17-10/h1-6H. The summed E-state index contributed by atoms with van der Waals surface area (Å²) < 4.78 is 42.2. The van der Waals surface area contributed by atoms with Crippen LogP contribution in [0.15, 0.2) is 34.9 Å². The van der Waals surface area contributed by atoms with Gasteiger partial charge in [-0.2, -0.15) is 13.2 Å². The fourth-order valence-electron chi connectivity index (χ4n) is 1.30. The Kier molecular flexibility index (Phi) is 2.71. The van der Waals surface area contributed by atoms with Crippen LogP contribution in [0.5, 0.6) is 0 Å². The Labute approximate surface area is 93.9 Å². The number of rotatable bonds is 2. The van der Waals surface area contributed by atoms with Crippen molar-refractivity contribution in [3.63, 3.8) is 0 Å². The molecule has 0 spiro atoms. The van der Waals surface area contributed by atoms with Gasteiger partial charge in [-0.3, -0.25) is 4.79 Å². The van der Waals surface area contributed by atoms with Crippen molar-refractivity contribution in [3.05, 3.63) is 41.8 Å². The van der Waals surface area contributed by atoms with Crippen molar-refractivity contribution in [1.82, 2.24) is 4.98 Å². The van der Waals surface area contributed by atoms with E-state index in [1.807, 2.05) is 0 Å². The zero-order valence-corrected chi connectivity index (χ0v) is 8.36. The van der Waals surface area contributed by atoms with Crippen LogP contribution in [0.25, 0.3) is 11.5 Å². The van der Waals surface area contributed by atoms with Crippen LogP contribution in [-0.2, 0) is 6.18 Å². The van der Waals surface area contributed by atoms with Crippen LogP contribution >= 0.6 is 0 Å². The summed E-state index contributed by atoms with van der Waals surface area (Å²) >= 11 is 0. The van der Waals surface area contributed by atoms with Gasteiger partial charge in [-0.05, 0) is 18.2 Å². The lowest BCUT2D eigenvalue weighted by Gasteiger charge is -2.06. The second kappa shape index (κ2) is 4.04. The predicted molar refractivity (Wildman–Crippen MR) is 52.3 cm³/mol. The SMILES string of the molecule is O=Cc1coc(-c2cccc(C(F)(F)F)c2)n1. The van der Waals surface area contributed by atoms with Crippen LogP contribution in [0.1, 0.15) is 16.1 Å². The lowest BCUT2D eigenvalue weighted by atomic mass is 10.1. The van der Waals surface area contributed by atoms with Crippen LogP contribution in [-0.4, -0.2) is 11.3 Å². The van der Waals surface area contributed by atoms with E-state index in [-0.39, 0.29) is 17.1 Å². The number of carbonyl (C=O) groups excluding carboxylic acids is 1. The van der Waals surface area contributed by atoms with Crippen molar-refractivity contribution >= 4 is 6.29 Å². The normalized spacial score (nSPS) is 11.5. The summed E-state index contributed by atoms with van der Waals surface area (Å²) in [6.07, 6.45) is -2.88. The van der Waals surface area contributed by atoms with E-state index in [0.717, 1.165) is 18.4 Å². The molecule has 0 aliphatic carbocycles. The second-order valence-electron chi connectivity index (χ2n) is 3.27. The van der Waals surface area contributed by atoms with Gasteiger partial charge in [0.15, 0.2) is 6.29 Å². The monoisotopic (exact) mass is 241 g/mol. The molecule has 88 valence electrons. The van der Waals surface area contributed by atoms with E-state index in [4.69, 9.17) is 4.42 Å². The van der Waals surface area contributed by atoms with Gasteiger partial charge in [0, 0.05) is 5.56 Å². The van der Waals surface area contributed by atoms with Gasteiger partial charge in [-0.15, -0.1) is 0 Å². The summed E-state index contributed by atoms with van der Waals surface area (Å²) in [7, 11) is 0. The molecular formula is C11H6F3NO2. The van der Waals surface area contributed by atoms with Gasteiger partial charge >= 0.3 is 6.18 Å². The number of halogens is 3. The molecule has 0 aliphatic heterocycles. The second-order valence-corrected chi connectivity index (χ2v) is 3.27. The molecule has 0 unspecified atom stereocenters. The first kappa shape index (κ1) is 11.4. The number of alkyl halides is 3. The number of oxazole rings is 1. The molecule has 1 aromatic carbocycles. The molecule has 0 radical (unpaired) electrons. The summed E-state index contributed by atoms with van der Waals surface area (Å²) in [6.45, 7) is 0. The van der Waals surface area contributed by atoms with E-state index in [2.05, 4.69) is 4.98 Å². The number of hydrogen-bond acceptors (Lipinski definition) is 3. The van der Waals surface area contributed by atoms with Crippen molar-refractivity contribution in [2.45, 2.75) is 6.18 Å². The first-order valence-corrected chi connectivity index (χ1v) is 4.59. The molecule has 0 N–H and O–H groups in total. The zero-order chi connectivity index (χ0) is 12.5. The molecule has 0 fully saturated rings. The molecule has 1 heterocycles. The summed E-state index contributed by atoms with van der Waals surface area (Å²) in [4.78, 5) is 14.1. The van der Waals surface area contributed by atoms with Crippen molar-refractivity contribution in [1.29, 1.82) is 0 Å². The van der Waals surface area contributed by atoms with Crippen LogP contribution < -0.4 is 0 Å². The molecule has 0 bridgehead atoms. The molecule has 0 saturated heterocycles. The van der Waals surface area contributed by atoms with Crippen molar-refractivity contribution in [2.75, 3.05) is 0 Å². The molecule has 6 heteroatoms. The minimum absolute atomic E-state index is 0.0156. The van der Waals surface area contributed by atoms with Gasteiger partial charge in [0.25, 0.3) is 0 Å². The number of aldehydes is 1. The van der Waals surface area contributed by atoms with Gasteiger partial charge in [0.05, 0.1) is 5.56 Å². The largest absolute Gasteiger partial charge is 0.444 e. The third-order valence-corrected chi connectivity index (χ3v) is 2.08. The van der Waals surface area contributed by atoms with Gasteiger partial charge in [0.2, 0.25) is 5.89 Å². The first-order valence-electron chi connectivity index (χ1n) is 4.59. The van der Waals surface area contributed by atoms with E-state index in [9.17, 15) is 18.0 Å². The highest BCUT2D eigenvalue weighted by Gasteiger charge is 2.30. The van der Waals surface area contributed by atoms with E-state index in [1.165, 1.54) is 12.1 Å². The molecule has 2 aromatic rings. The fourth-order valence-corrected chi connectivity index (χ4v) is 1.30. The minimum Gasteiger partial charge on any atom is -0.444 e. The van der Waals surface area contributed by atoms with E-state index in [0.29, 0.717) is 6.29 Å². The predicted octanol–water partition coefficient (Wildman–Crippen LogP) is 3.17. The highest BCUT2D eigenvalue weighted by Crippen LogP contribution is 2.31. The van der Waals surface area contributed by atoms with Gasteiger partial charge in [-0.25, -0.2) is 4.98 Å². The minimum atomic E-state index is -4.42. The molecule has 0 amide bonds. The quantitative estimate of drug-likeness (QED) is 0.758. The number of aromatic nitrogens is 1. The molecule has 3 nitrogen and oxygen atoms in total. The molecule has 1 aromatic heterocycles.